The van der Waals surface area contributed by atoms with Crippen LogP contribution in [-0.4, -0.2) is 15.2 Å². The molecule has 0 aliphatic carbocycles. The maximum atomic E-state index is 4.72. The van der Waals surface area contributed by atoms with E-state index >= 15 is 0 Å². The van der Waals surface area contributed by atoms with Gasteiger partial charge in [-0.15, -0.1) is 0 Å². The average Bonchev–Trinajstić information content (AvgIpc) is 2.69. The highest BCUT2D eigenvalue weighted by atomic mass is 15.1. The molecule has 2 aromatic rings. The lowest BCUT2D eigenvalue weighted by molar-refractivity contribution is 0.531. The van der Waals surface area contributed by atoms with Gasteiger partial charge in [0.25, 0.3) is 0 Å². The second-order valence-corrected chi connectivity index (χ2v) is 11.7. The zero-order valence-electron chi connectivity index (χ0n) is 24.2. The van der Waals surface area contributed by atoms with E-state index in [1.54, 1.807) is 0 Å². The molecule has 2 rings (SSSR count). The third kappa shape index (κ3) is 11.7. The molecule has 0 N–H and O–H groups in total. The van der Waals surface area contributed by atoms with Crippen molar-refractivity contribution in [1.82, 2.24) is 15.2 Å². The average molecular weight is 444 g/mol. The first-order chi connectivity index (χ1) is 14.4. The molecule has 2 aromatic heterocycles. The fourth-order valence-corrected chi connectivity index (χ4v) is 2.41. The molecule has 0 aliphatic rings. The smallest absolute Gasteiger partial charge is 0.0687 e. The first-order valence-corrected chi connectivity index (χ1v) is 12.2. The van der Waals surface area contributed by atoms with Crippen molar-refractivity contribution in [3.63, 3.8) is 0 Å². The summed E-state index contributed by atoms with van der Waals surface area (Å²) in [6.07, 6.45) is 1.86. The Morgan fingerprint density at radius 2 is 0.906 bits per heavy atom. The zero-order chi connectivity index (χ0) is 26.0. The predicted octanol–water partition coefficient (Wildman–Crippen LogP) is 8.80. The lowest BCUT2D eigenvalue weighted by Gasteiger charge is -2.23. The van der Waals surface area contributed by atoms with Crippen LogP contribution in [0, 0.1) is 0 Å². The van der Waals surface area contributed by atoms with Gasteiger partial charge in [-0.2, -0.15) is 10.2 Å². The van der Waals surface area contributed by atoms with E-state index in [-0.39, 0.29) is 21.7 Å². The van der Waals surface area contributed by atoms with Crippen molar-refractivity contribution in [1.29, 1.82) is 0 Å². The van der Waals surface area contributed by atoms with E-state index < -0.39 is 0 Å². The van der Waals surface area contributed by atoms with Crippen molar-refractivity contribution in [2.24, 2.45) is 0 Å². The van der Waals surface area contributed by atoms with Crippen molar-refractivity contribution in [3.05, 3.63) is 53.1 Å². The number of aromatic nitrogens is 3. The fraction of sp³-hybridized carbons (Fsp3) is 0.690. The van der Waals surface area contributed by atoms with Crippen LogP contribution in [0.15, 0.2) is 30.5 Å². The number of hydrogen-bond acceptors (Lipinski definition) is 3. The summed E-state index contributed by atoms with van der Waals surface area (Å²) in [4.78, 5) is 4.72. The van der Waals surface area contributed by atoms with Crippen LogP contribution in [0.3, 0.4) is 0 Å². The largest absolute Gasteiger partial charge is 0.257 e. The molecule has 0 aliphatic heterocycles. The summed E-state index contributed by atoms with van der Waals surface area (Å²) in [5, 5.41) is 8.24. The van der Waals surface area contributed by atoms with Crippen LogP contribution in [-0.2, 0) is 21.7 Å². The van der Waals surface area contributed by atoms with E-state index in [1.165, 1.54) is 17.0 Å². The van der Waals surface area contributed by atoms with Crippen LogP contribution in [0.25, 0.3) is 0 Å². The van der Waals surface area contributed by atoms with Gasteiger partial charge in [0.15, 0.2) is 0 Å². The summed E-state index contributed by atoms with van der Waals surface area (Å²) >= 11 is 0. The van der Waals surface area contributed by atoms with E-state index in [0.29, 0.717) is 0 Å². The molecule has 3 heteroatoms. The van der Waals surface area contributed by atoms with Crippen LogP contribution < -0.4 is 0 Å². The van der Waals surface area contributed by atoms with Gasteiger partial charge in [0.1, 0.15) is 0 Å². The van der Waals surface area contributed by atoms with E-state index in [0.717, 1.165) is 5.69 Å². The monoisotopic (exact) mass is 443 g/mol. The molecule has 32 heavy (non-hydrogen) atoms. The fourth-order valence-electron chi connectivity index (χ4n) is 2.41. The van der Waals surface area contributed by atoms with Gasteiger partial charge in [0, 0.05) is 27.6 Å². The zero-order valence-corrected chi connectivity index (χ0v) is 24.2. The van der Waals surface area contributed by atoms with Crippen molar-refractivity contribution >= 4 is 0 Å². The van der Waals surface area contributed by atoms with Crippen molar-refractivity contribution in [3.8, 4) is 0 Å². The van der Waals surface area contributed by atoms with Crippen LogP contribution in [0.2, 0.25) is 0 Å². The highest BCUT2D eigenvalue weighted by Crippen LogP contribution is 2.26. The molecule has 0 saturated carbocycles. The van der Waals surface area contributed by atoms with Gasteiger partial charge < -0.3 is 0 Å². The Bertz CT molecular complexity index is 638. The van der Waals surface area contributed by atoms with Gasteiger partial charge in [-0.3, -0.25) is 4.98 Å². The number of rotatable bonds is 0. The van der Waals surface area contributed by atoms with E-state index in [2.05, 4.69) is 118 Å². The van der Waals surface area contributed by atoms with Crippen molar-refractivity contribution in [2.45, 2.75) is 132 Å². The quantitative estimate of drug-likeness (QED) is 0.408. The molecule has 0 atom stereocenters. The molecule has 0 saturated heterocycles. The molecule has 0 radical (unpaired) electrons. The minimum Gasteiger partial charge on any atom is -0.257 e. The Kier molecular flexibility index (Phi) is 13.2. The van der Waals surface area contributed by atoms with Gasteiger partial charge in [-0.05, 0) is 29.2 Å². The summed E-state index contributed by atoms with van der Waals surface area (Å²) < 4.78 is 0. The molecule has 0 fully saturated rings. The predicted molar refractivity (Wildman–Crippen MR) is 144 cm³/mol. The standard InChI is InChI=1S/C13H21N.C12H20N2.2C2H6/c1-12(2,3)10-8-7-9-11(14-10)13(4,5)6;1-11(2,3)9-7-10(12(4,5)6)14-13-8-9;2*1-2/h7-9H,1-6H3;7-8H,1-6H3;2*1-2H3. The van der Waals surface area contributed by atoms with Crippen molar-refractivity contribution < 1.29 is 0 Å². The minimum atomic E-state index is 0.0776. The molecule has 0 aromatic carbocycles. The molecule has 0 amide bonds. The summed E-state index contributed by atoms with van der Waals surface area (Å²) in [6.45, 7) is 34.2. The second kappa shape index (κ2) is 13.1. The Balaban J connectivity index is 0. The molecular formula is C29H53N3. The van der Waals surface area contributed by atoms with Crippen LogP contribution >= 0.6 is 0 Å². The van der Waals surface area contributed by atoms with Crippen LogP contribution in [0.5, 0.6) is 0 Å². The molecule has 0 bridgehead atoms. The SMILES string of the molecule is CC.CC.CC(C)(C)c1cccc(C(C)(C)C)n1.CC(C)(C)c1cnnc(C(C)(C)C)c1. The maximum absolute atomic E-state index is 4.72. The first kappa shape index (κ1) is 32.4. The lowest BCUT2D eigenvalue weighted by atomic mass is 9.85. The maximum Gasteiger partial charge on any atom is 0.0687 e. The number of hydrogen-bond donors (Lipinski definition) is 0. The number of nitrogens with zero attached hydrogens (tertiary/aromatic N) is 3. The summed E-state index contributed by atoms with van der Waals surface area (Å²) in [5.41, 5.74) is 5.16. The third-order valence-corrected chi connectivity index (χ3v) is 4.57. The topological polar surface area (TPSA) is 38.7 Å². The summed E-state index contributed by atoms with van der Waals surface area (Å²) in [5.74, 6) is 0. The normalized spacial score (nSPS) is 11.8. The van der Waals surface area contributed by atoms with Gasteiger partial charge in [0.2, 0.25) is 0 Å². The van der Waals surface area contributed by atoms with Gasteiger partial charge >= 0.3 is 0 Å². The first-order valence-electron chi connectivity index (χ1n) is 12.2. The Morgan fingerprint density at radius 3 is 1.22 bits per heavy atom. The van der Waals surface area contributed by atoms with Crippen LogP contribution in [0.4, 0.5) is 0 Å². The van der Waals surface area contributed by atoms with Gasteiger partial charge in [-0.25, -0.2) is 0 Å². The Hall–Kier alpha value is -1.77. The van der Waals surface area contributed by atoms with Crippen LogP contribution in [0.1, 0.15) is 133 Å². The molecule has 0 unspecified atom stereocenters. The third-order valence-electron chi connectivity index (χ3n) is 4.57. The molecular weight excluding hydrogens is 390 g/mol. The highest BCUT2D eigenvalue weighted by molar-refractivity contribution is 5.24. The van der Waals surface area contributed by atoms with E-state index in [9.17, 15) is 0 Å². The summed E-state index contributed by atoms with van der Waals surface area (Å²) in [6, 6.07) is 8.48. The number of pyridine rings is 1. The minimum absolute atomic E-state index is 0.0776. The summed E-state index contributed by atoms with van der Waals surface area (Å²) in [7, 11) is 0. The highest BCUT2D eigenvalue weighted by Gasteiger charge is 2.21. The van der Waals surface area contributed by atoms with Crippen molar-refractivity contribution in [2.75, 3.05) is 0 Å². The Labute approximate surface area is 200 Å². The molecule has 0 spiro atoms. The second-order valence-electron chi connectivity index (χ2n) is 11.7. The van der Waals surface area contributed by atoms with E-state index in [4.69, 9.17) is 4.98 Å². The molecule has 3 nitrogen and oxygen atoms in total. The molecule has 184 valence electrons. The van der Waals surface area contributed by atoms with E-state index in [1.807, 2.05) is 33.9 Å². The molecule has 2 heterocycles. The van der Waals surface area contributed by atoms with Gasteiger partial charge in [0.05, 0.1) is 11.9 Å². The Morgan fingerprint density at radius 1 is 0.531 bits per heavy atom. The lowest BCUT2D eigenvalue weighted by Crippen LogP contribution is -2.19. The van der Waals surface area contributed by atoms with Gasteiger partial charge in [-0.1, -0.05) is 117 Å².